The van der Waals surface area contributed by atoms with Crippen LogP contribution in [-0.4, -0.2) is 50.2 Å². The zero-order valence-corrected chi connectivity index (χ0v) is 26.2. The van der Waals surface area contributed by atoms with E-state index in [1.54, 1.807) is 0 Å². The van der Waals surface area contributed by atoms with Gasteiger partial charge in [-0.15, -0.1) is 0 Å². The molecule has 0 rings (SSSR count). The average Bonchev–Trinajstić information content (AvgIpc) is 2.82. The standard InChI is InChI=1S/C33H65NO4/c1-6-7-8-9-16-19-22-25-30(2)26-23-20-17-14-12-10-11-13-15-18-21-24-27-33(37)38-31(28-32(35)36)29-34(3,4)5/h30-31H,6-29H2,1-5H3. The topological polar surface area (TPSA) is 66.4 Å². The minimum absolute atomic E-state index is 0.236. The molecule has 5 heteroatoms. The van der Waals surface area contributed by atoms with Crippen LogP contribution < -0.4 is 5.11 Å². The maximum absolute atomic E-state index is 12.1. The van der Waals surface area contributed by atoms with Crippen LogP contribution in [0.1, 0.15) is 162 Å². The van der Waals surface area contributed by atoms with Crippen molar-refractivity contribution in [3.8, 4) is 0 Å². The number of rotatable bonds is 28. The van der Waals surface area contributed by atoms with E-state index in [1.165, 1.54) is 116 Å². The Morgan fingerprint density at radius 1 is 0.658 bits per heavy atom. The van der Waals surface area contributed by atoms with Crippen LogP contribution in [0.2, 0.25) is 0 Å². The molecule has 0 aliphatic carbocycles. The van der Waals surface area contributed by atoms with Crippen molar-refractivity contribution in [2.45, 2.75) is 168 Å². The molecule has 0 aromatic rings. The molecule has 0 saturated carbocycles. The van der Waals surface area contributed by atoms with E-state index in [1.807, 2.05) is 21.1 Å². The van der Waals surface area contributed by atoms with Gasteiger partial charge in [-0.2, -0.15) is 0 Å². The molecular weight excluding hydrogens is 474 g/mol. The van der Waals surface area contributed by atoms with Crippen LogP contribution in [0.25, 0.3) is 0 Å². The Morgan fingerprint density at radius 3 is 1.45 bits per heavy atom. The lowest BCUT2D eigenvalue weighted by molar-refractivity contribution is -0.873. The van der Waals surface area contributed by atoms with Crippen molar-refractivity contribution in [1.82, 2.24) is 0 Å². The van der Waals surface area contributed by atoms with Crippen LogP contribution in [0.15, 0.2) is 0 Å². The third kappa shape index (κ3) is 27.9. The van der Waals surface area contributed by atoms with Gasteiger partial charge in [0.25, 0.3) is 0 Å². The number of unbranched alkanes of at least 4 members (excludes halogenated alkanes) is 17. The summed E-state index contributed by atoms with van der Waals surface area (Å²) in [5.41, 5.74) is 0. The van der Waals surface area contributed by atoms with Gasteiger partial charge in [-0.25, -0.2) is 0 Å². The predicted molar refractivity (Wildman–Crippen MR) is 159 cm³/mol. The van der Waals surface area contributed by atoms with Crippen LogP contribution in [0.4, 0.5) is 0 Å². The van der Waals surface area contributed by atoms with Crippen molar-refractivity contribution in [3.05, 3.63) is 0 Å². The number of quaternary nitrogens is 1. The first kappa shape index (κ1) is 36.9. The fourth-order valence-corrected chi connectivity index (χ4v) is 5.31. The smallest absolute Gasteiger partial charge is 0.306 e. The second kappa shape index (κ2) is 24.9. The highest BCUT2D eigenvalue weighted by Crippen LogP contribution is 2.19. The van der Waals surface area contributed by atoms with Crippen LogP contribution >= 0.6 is 0 Å². The Hall–Kier alpha value is -1.10. The van der Waals surface area contributed by atoms with Crippen molar-refractivity contribution in [2.75, 3.05) is 27.7 Å². The third-order valence-electron chi connectivity index (χ3n) is 7.57. The summed E-state index contributed by atoms with van der Waals surface area (Å²) in [5.74, 6) is -0.543. The first-order chi connectivity index (χ1) is 18.1. The molecule has 0 spiro atoms. The predicted octanol–water partition coefficient (Wildman–Crippen LogP) is 7.98. The van der Waals surface area contributed by atoms with Gasteiger partial charge < -0.3 is 19.1 Å². The molecule has 2 unspecified atom stereocenters. The number of hydrogen-bond acceptors (Lipinski definition) is 4. The number of carbonyl (C=O) groups excluding carboxylic acids is 2. The number of aliphatic carboxylic acids is 1. The zero-order valence-electron chi connectivity index (χ0n) is 26.2. The lowest BCUT2D eigenvalue weighted by Crippen LogP contribution is -2.45. The number of esters is 1. The van der Waals surface area contributed by atoms with Gasteiger partial charge in [0.15, 0.2) is 6.10 Å². The Morgan fingerprint density at radius 2 is 1.05 bits per heavy atom. The lowest BCUT2D eigenvalue weighted by atomic mass is 9.95. The Bertz CT molecular complexity index is 558. The molecule has 0 radical (unpaired) electrons. The van der Waals surface area contributed by atoms with Crippen LogP contribution in [0.5, 0.6) is 0 Å². The van der Waals surface area contributed by atoms with E-state index in [4.69, 9.17) is 4.74 Å². The molecule has 0 amide bonds. The molecule has 0 aliphatic rings. The number of hydrogen-bond donors (Lipinski definition) is 0. The summed E-state index contributed by atoms with van der Waals surface area (Å²) in [6, 6.07) is 0. The van der Waals surface area contributed by atoms with E-state index < -0.39 is 12.1 Å². The molecule has 0 aromatic heterocycles. The van der Waals surface area contributed by atoms with Crippen LogP contribution in [-0.2, 0) is 14.3 Å². The number of carbonyl (C=O) groups is 2. The van der Waals surface area contributed by atoms with Crippen molar-refractivity contribution in [3.63, 3.8) is 0 Å². The molecule has 226 valence electrons. The van der Waals surface area contributed by atoms with Crippen molar-refractivity contribution >= 4 is 11.9 Å². The number of likely N-dealkylation sites (N-methyl/N-ethyl adjacent to an activating group) is 1. The van der Waals surface area contributed by atoms with Gasteiger partial charge >= 0.3 is 5.97 Å². The highest BCUT2D eigenvalue weighted by Gasteiger charge is 2.22. The molecule has 0 N–H and O–H groups in total. The van der Waals surface area contributed by atoms with Gasteiger partial charge in [0.05, 0.1) is 21.1 Å². The Kier molecular flexibility index (Phi) is 24.2. The quantitative estimate of drug-likeness (QED) is 0.0574. The first-order valence-corrected chi connectivity index (χ1v) is 16.3. The maximum atomic E-state index is 12.1. The summed E-state index contributed by atoms with van der Waals surface area (Å²) in [4.78, 5) is 23.0. The third-order valence-corrected chi connectivity index (χ3v) is 7.57. The molecule has 0 saturated heterocycles. The molecule has 0 aromatic carbocycles. The Balaban J connectivity index is 3.48. The molecular formula is C33H65NO4. The number of carboxylic acid groups (broad SMARTS) is 1. The van der Waals surface area contributed by atoms with E-state index >= 15 is 0 Å². The maximum Gasteiger partial charge on any atom is 0.306 e. The van der Waals surface area contributed by atoms with Crippen LogP contribution in [0.3, 0.4) is 0 Å². The number of carboxylic acids is 1. The highest BCUT2D eigenvalue weighted by molar-refractivity contribution is 5.70. The highest BCUT2D eigenvalue weighted by atomic mass is 16.5. The minimum Gasteiger partial charge on any atom is -0.550 e. The van der Waals surface area contributed by atoms with Gasteiger partial charge in [-0.05, 0) is 12.3 Å². The molecule has 2 atom stereocenters. The van der Waals surface area contributed by atoms with Gasteiger partial charge in [0.1, 0.15) is 6.54 Å². The van der Waals surface area contributed by atoms with Gasteiger partial charge in [-0.1, -0.05) is 142 Å². The van der Waals surface area contributed by atoms with Gasteiger partial charge in [0.2, 0.25) is 0 Å². The van der Waals surface area contributed by atoms with E-state index in [2.05, 4.69) is 13.8 Å². The van der Waals surface area contributed by atoms with Gasteiger partial charge in [0, 0.05) is 18.8 Å². The average molecular weight is 540 g/mol. The summed E-state index contributed by atoms with van der Waals surface area (Å²) in [6.07, 6.45) is 27.5. The van der Waals surface area contributed by atoms with E-state index in [0.29, 0.717) is 17.4 Å². The SMILES string of the molecule is CCCCCCCCCC(C)CCCCCCCCCCCCCCC(=O)OC(CC(=O)[O-])C[N+](C)(C)C. The monoisotopic (exact) mass is 539 g/mol. The van der Waals surface area contributed by atoms with Crippen molar-refractivity contribution in [2.24, 2.45) is 5.92 Å². The molecule has 0 bridgehead atoms. The lowest BCUT2D eigenvalue weighted by Gasteiger charge is -2.29. The number of nitrogens with zero attached hydrogens (tertiary/aromatic N) is 1. The molecule has 0 heterocycles. The Labute approximate surface area is 237 Å². The fourth-order valence-electron chi connectivity index (χ4n) is 5.31. The summed E-state index contributed by atoms with van der Waals surface area (Å²) in [5, 5.41) is 10.9. The summed E-state index contributed by atoms with van der Waals surface area (Å²) < 4.78 is 5.96. The van der Waals surface area contributed by atoms with Crippen molar-refractivity contribution < 1.29 is 23.9 Å². The second-order valence-electron chi connectivity index (χ2n) is 13.0. The molecule has 0 fully saturated rings. The molecule has 38 heavy (non-hydrogen) atoms. The zero-order chi connectivity index (χ0) is 28.5. The molecule has 0 aliphatic heterocycles. The summed E-state index contributed by atoms with van der Waals surface area (Å²) in [7, 11) is 5.86. The summed E-state index contributed by atoms with van der Waals surface area (Å²) >= 11 is 0. The number of ether oxygens (including phenoxy) is 1. The van der Waals surface area contributed by atoms with E-state index in [-0.39, 0.29) is 12.4 Å². The normalized spacial score (nSPS) is 13.4. The summed E-state index contributed by atoms with van der Waals surface area (Å²) in [6.45, 7) is 5.21. The largest absolute Gasteiger partial charge is 0.550 e. The van der Waals surface area contributed by atoms with Crippen molar-refractivity contribution in [1.29, 1.82) is 0 Å². The molecule has 5 nitrogen and oxygen atoms in total. The van der Waals surface area contributed by atoms with Crippen LogP contribution in [0, 0.1) is 5.92 Å². The first-order valence-electron chi connectivity index (χ1n) is 16.3. The minimum atomic E-state index is -1.17. The second-order valence-corrected chi connectivity index (χ2v) is 13.0. The van der Waals surface area contributed by atoms with E-state index in [9.17, 15) is 14.7 Å². The van der Waals surface area contributed by atoms with Gasteiger partial charge in [-0.3, -0.25) is 4.79 Å². The fraction of sp³-hybridized carbons (Fsp3) is 0.939. The van der Waals surface area contributed by atoms with E-state index in [0.717, 1.165) is 25.2 Å².